The van der Waals surface area contributed by atoms with Crippen LogP contribution >= 0.6 is 22.7 Å². The van der Waals surface area contributed by atoms with E-state index in [1.807, 2.05) is 25.1 Å². The zero-order chi connectivity index (χ0) is 17.6. The lowest BCUT2D eigenvalue weighted by atomic mass is 10.3. The molecule has 0 saturated heterocycles. The third kappa shape index (κ3) is 2.94. The van der Waals surface area contributed by atoms with Gasteiger partial charge in [0.15, 0.2) is 5.13 Å². The van der Waals surface area contributed by atoms with E-state index in [4.69, 9.17) is 0 Å². The van der Waals surface area contributed by atoms with Gasteiger partial charge in [0.05, 0.1) is 31.1 Å². The molecule has 2 heterocycles. The Labute approximate surface area is 153 Å². The molecule has 128 valence electrons. The summed E-state index contributed by atoms with van der Waals surface area (Å²) in [7, 11) is -2.23. The number of benzene rings is 2. The van der Waals surface area contributed by atoms with Crippen LogP contribution < -0.4 is 9.03 Å². The highest BCUT2D eigenvalue weighted by Gasteiger charge is 2.20. The van der Waals surface area contributed by atoms with Crippen molar-refractivity contribution in [3.05, 3.63) is 47.5 Å². The predicted molar refractivity (Wildman–Crippen MR) is 105 cm³/mol. The summed E-state index contributed by atoms with van der Waals surface area (Å²) >= 11 is 2.91. The zero-order valence-electron chi connectivity index (χ0n) is 13.4. The standard InChI is InChI=1S/C16H14N4O2S3/c1-10-17-12-8-9-13-15(14(12)23-10)24-16(18-13)19-25(21,22)20(2)11-6-4-3-5-7-11/h3-9H,1-2H3,(H,18,19). The first-order chi connectivity index (χ1) is 11.9. The lowest BCUT2D eigenvalue weighted by Gasteiger charge is -2.19. The average Bonchev–Trinajstić information content (AvgIpc) is 3.16. The van der Waals surface area contributed by atoms with Crippen molar-refractivity contribution in [3.63, 3.8) is 0 Å². The van der Waals surface area contributed by atoms with E-state index in [-0.39, 0.29) is 0 Å². The van der Waals surface area contributed by atoms with Crippen molar-refractivity contribution in [1.29, 1.82) is 0 Å². The Balaban J connectivity index is 1.71. The maximum atomic E-state index is 12.6. The molecule has 0 atom stereocenters. The molecule has 6 nitrogen and oxygen atoms in total. The molecule has 0 unspecified atom stereocenters. The first-order valence-corrected chi connectivity index (χ1v) is 10.5. The molecule has 0 saturated carbocycles. The van der Waals surface area contributed by atoms with E-state index in [9.17, 15) is 8.42 Å². The lowest BCUT2D eigenvalue weighted by molar-refractivity contribution is 0.599. The van der Waals surface area contributed by atoms with Crippen LogP contribution in [0, 0.1) is 6.92 Å². The maximum Gasteiger partial charge on any atom is 0.325 e. The molecule has 0 amide bonds. The van der Waals surface area contributed by atoms with E-state index in [1.165, 1.54) is 22.7 Å². The van der Waals surface area contributed by atoms with Crippen molar-refractivity contribution in [2.45, 2.75) is 6.92 Å². The number of nitrogens with zero attached hydrogens (tertiary/aromatic N) is 3. The highest BCUT2D eigenvalue weighted by molar-refractivity contribution is 7.94. The molecule has 0 aliphatic heterocycles. The minimum Gasteiger partial charge on any atom is -0.257 e. The second-order valence-electron chi connectivity index (χ2n) is 5.42. The summed E-state index contributed by atoms with van der Waals surface area (Å²) < 4.78 is 31.0. The summed E-state index contributed by atoms with van der Waals surface area (Å²) in [6.45, 7) is 1.95. The number of aromatic nitrogens is 2. The number of nitrogens with one attached hydrogen (secondary N) is 1. The topological polar surface area (TPSA) is 75.2 Å². The molecule has 2 aromatic heterocycles. The number of fused-ring (bicyclic) bond motifs is 3. The minimum atomic E-state index is -3.74. The van der Waals surface area contributed by atoms with Gasteiger partial charge < -0.3 is 0 Å². The molecule has 9 heteroatoms. The van der Waals surface area contributed by atoms with Gasteiger partial charge in [-0.1, -0.05) is 29.5 Å². The molecule has 0 radical (unpaired) electrons. The number of para-hydroxylation sites is 1. The summed E-state index contributed by atoms with van der Waals surface area (Å²) in [4.78, 5) is 8.88. The van der Waals surface area contributed by atoms with Gasteiger partial charge in [-0.25, -0.2) is 14.7 Å². The third-order valence-electron chi connectivity index (χ3n) is 3.72. The second-order valence-corrected chi connectivity index (χ2v) is 9.33. The van der Waals surface area contributed by atoms with E-state index >= 15 is 0 Å². The first-order valence-electron chi connectivity index (χ1n) is 7.42. The van der Waals surface area contributed by atoms with Crippen molar-refractivity contribution >= 4 is 64.1 Å². The number of rotatable bonds is 4. The fourth-order valence-electron chi connectivity index (χ4n) is 2.48. The van der Waals surface area contributed by atoms with Gasteiger partial charge in [0.1, 0.15) is 0 Å². The molecule has 25 heavy (non-hydrogen) atoms. The maximum absolute atomic E-state index is 12.6. The van der Waals surface area contributed by atoms with E-state index in [0.29, 0.717) is 10.8 Å². The van der Waals surface area contributed by atoms with Crippen LogP contribution in [0.25, 0.3) is 20.4 Å². The smallest absolute Gasteiger partial charge is 0.257 e. The van der Waals surface area contributed by atoms with Crippen LogP contribution in [-0.2, 0) is 10.2 Å². The summed E-state index contributed by atoms with van der Waals surface area (Å²) in [5.41, 5.74) is 2.26. The van der Waals surface area contributed by atoms with Crippen LogP contribution in [0.5, 0.6) is 0 Å². The molecule has 4 rings (SSSR count). The van der Waals surface area contributed by atoms with E-state index in [2.05, 4.69) is 14.7 Å². The van der Waals surface area contributed by atoms with Crippen molar-refractivity contribution in [2.75, 3.05) is 16.1 Å². The largest absolute Gasteiger partial charge is 0.325 e. The van der Waals surface area contributed by atoms with Crippen LogP contribution in [-0.4, -0.2) is 25.4 Å². The summed E-state index contributed by atoms with van der Waals surface area (Å²) in [5, 5.41) is 1.32. The molecule has 0 bridgehead atoms. The molecular formula is C16H14N4O2S3. The van der Waals surface area contributed by atoms with Gasteiger partial charge >= 0.3 is 10.2 Å². The predicted octanol–water partition coefficient (Wildman–Crippen LogP) is 4.01. The van der Waals surface area contributed by atoms with Gasteiger partial charge in [0, 0.05) is 7.05 Å². The Hall–Kier alpha value is -2.23. The van der Waals surface area contributed by atoms with Gasteiger partial charge in [-0.15, -0.1) is 11.3 Å². The minimum absolute atomic E-state index is 0.344. The Kier molecular flexibility index (Phi) is 3.86. The lowest BCUT2D eigenvalue weighted by Crippen LogP contribution is -2.32. The molecular weight excluding hydrogens is 376 g/mol. The molecule has 0 aliphatic carbocycles. The van der Waals surface area contributed by atoms with Crippen LogP contribution in [0.4, 0.5) is 10.8 Å². The van der Waals surface area contributed by atoms with Crippen molar-refractivity contribution in [2.24, 2.45) is 0 Å². The Morgan fingerprint density at radius 1 is 0.960 bits per heavy atom. The average molecular weight is 391 g/mol. The number of anilines is 2. The summed E-state index contributed by atoms with van der Waals surface area (Å²) in [6.07, 6.45) is 0. The molecule has 0 fully saturated rings. The van der Waals surface area contributed by atoms with Gasteiger partial charge in [0.25, 0.3) is 0 Å². The van der Waals surface area contributed by atoms with Crippen molar-refractivity contribution < 1.29 is 8.42 Å². The first kappa shape index (κ1) is 16.2. The Bertz CT molecular complexity index is 1170. The van der Waals surface area contributed by atoms with E-state index in [1.54, 1.807) is 35.6 Å². The van der Waals surface area contributed by atoms with Crippen LogP contribution in [0.2, 0.25) is 0 Å². The molecule has 0 aliphatic rings. The quantitative estimate of drug-likeness (QED) is 0.571. The summed E-state index contributed by atoms with van der Waals surface area (Å²) in [5.74, 6) is 0. The van der Waals surface area contributed by atoms with Gasteiger partial charge in [0.2, 0.25) is 0 Å². The van der Waals surface area contributed by atoms with Gasteiger partial charge in [-0.05, 0) is 31.2 Å². The normalized spacial score (nSPS) is 11.9. The molecule has 0 spiro atoms. The highest BCUT2D eigenvalue weighted by Crippen LogP contribution is 2.36. The zero-order valence-corrected chi connectivity index (χ0v) is 15.9. The van der Waals surface area contributed by atoms with Crippen LogP contribution in [0.1, 0.15) is 5.01 Å². The fraction of sp³-hybridized carbons (Fsp3) is 0.125. The molecule has 4 aromatic rings. The van der Waals surface area contributed by atoms with Gasteiger partial charge in [-0.2, -0.15) is 8.42 Å². The van der Waals surface area contributed by atoms with Crippen molar-refractivity contribution in [1.82, 2.24) is 9.97 Å². The monoisotopic (exact) mass is 390 g/mol. The van der Waals surface area contributed by atoms with Crippen molar-refractivity contribution in [3.8, 4) is 0 Å². The number of thiazole rings is 2. The molecule has 2 aromatic carbocycles. The summed E-state index contributed by atoms with van der Waals surface area (Å²) in [6, 6.07) is 12.7. The van der Waals surface area contributed by atoms with E-state index < -0.39 is 10.2 Å². The number of aryl methyl sites for hydroxylation is 1. The Morgan fingerprint density at radius 2 is 1.60 bits per heavy atom. The van der Waals surface area contributed by atoms with Crippen LogP contribution in [0.3, 0.4) is 0 Å². The van der Waals surface area contributed by atoms with Gasteiger partial charge in [-0.3, -0.25) is 4.31 Å². The van der Waals surface area contributed by atoms with Crippen LogP contribution in [0.15, 0.2) is 42.5 Å². The third-order valence-corrected chi connectivity index (χ3v) is 7.37. The highest BCUT2D eigenvalue weighted by atomic mass is 32.2. The molecule has 1 N–H and O–H groups in total. The second kappa shape index (κ2) is 5.94. The number of hydrogen-bond donors (Lipinski definition) is 1. The Morgan fingerprint density at radius 3 is 2.32 bits per heavy atom. The number of hydrogen-bond acceptors (Lipinski definition) is 6. The van der Waals surface area contributed by atoms with E-state index in [0.717, 1.165) is 25.4 Å². The fourth-order valence-corrected chi connectivity index (χ4v) is 5.63. The SMILES string of the molecule is Cc1nc2ccc3nc(NS(=O)(=O)N(C)c4ccccc4)sc3c2s1.